The summed E-state index contributed by atoms with van der Waals surface area (Å²) in [5, 5.41) is 5.83. The molecule has 132 valence electrons. The molecule has 0 unspecified atom stereocenters. The quantitative estimate of drug-likeness (QED) is 0.850. The molecule has 1 fully saturated rings. The molecule has 1 saturated heterocycles. The van der Waals surface area contributed by atoms with Crippen molar-refractivity contribution in [3.63, 3.8) is 0 Å². The summed E-state index contributed by atoms with van der Waals surface area (Å²) in [5.41, 5.74) is 3.21. The number of pyridine rings is 1. The van der Waals surface area contributed by atoms with Gasteiger partial charge >= 0.3 is 6.03 Å². The van der Waals surface area contributed by atoms with Crippen molar-refractivity contribution in [2.24, 2.45) is 5.92 Å². The third-order valence-corrected chi connectivity index (χ3v) is 4.63. The molecule has 0 aliphatic carbocycles. The van der Waals surface area contributed by atoms with Crippen molar-refractivity contribution < 1.29 is 4.79 Å². The maximum Gasteiger partial charge on any atom is 0.319 e. The minimum Gasteiger partial charge on any atom is -0.338 e. The zero-order chi connectivity index (χ0) is 17.5. The second-order valence-corrected chi connectivity index (χ2v) is 6.60. The molecule has 2 amide bonds. The highest BCUT2D eigenvalue weighted by atomic mass is 16.2. The molecule has 0 radical (unpaired) electrons. The Kier molecular flexibility index (Phi) is 6.01. The Morgan fingerprint density at radius 2 is 2.08 bits per heavy atom. The van der Waals surface area contributed by atoms with E-state index in [2.05, 4.69) is 39.6 Å². The van der Waals surface area contributed by atoms with Gasteiger partial charge in [0.1, 0.15) is 0 Å². The molecule has 2 N–H and O–H groups in total. The van der Waals surface area contributed by atoms with Crippen molar-refractivity contribution in [1.29, 1.82) is 0 Å². The second-order valence-electron chi connectivity index (χ2n) is 6.60. The zero-order valence-electron chi connectivity index (χ0n) is 14.7. The molecule has 2 heterocycles. The Labute approximate surface area is 149 Å². The van der Waals surface area contributed by atoms with Crippen LogP contribution in [0.2, 0.25) is 0 Å². The summed E-state index contributed by atoms with van der Waals surface area (Å²) >= 11 is 0. The zero-order valence-corrected chi connectivity index (χ0v) is 14.7. The van der Waals surface area contributed by atoms with E-state index < -0.39 is 0 Å². The van der Waals surface area contributed by atoms with Gasteiger partial charge in [0.15, 0.2) is 0 Å². The molecule has 2 aromatic rings. The Morgan fingerprint density at radius 3 is 2.80 bits per heavy atom. The lowest BCUT2D eigenvalue weighted by molar-refractivity contribution is 0.249. The standard InChI is InChI=1S/C20H26N4O/c1-2-16-8-9-19(21-12-16)15-24-11-10-17(14-24)13-22-20(25)23-18-6-4-3-5-7-18/h3-9,12,17H,2,10-11,13-15H2,1H3,(H2,22,23,25)/t17-/m1/s1. The first-order valence-electron chi connectivity index (χ1n) is 8.99. The van der Waals surface area contributed by atoms with E-state index in [1.54, 1.807) is 0 Å². The van der Waals surface area contributed by atoms with Crippen molar-refractivity contribution >= 4 is 11.7 Å². The van der Waals surface area contributed by atoms with Gasteiger partial charge in [-0.25, -0.2) is 4.79 Å². The van der Waals surface area contributed by atoms with E-state index in [0.717, 1.165) is 43.9 Å². The average molecular weight is 338 g/mol. The normalized spacial score (nSPS) is 17.4. The summed E-state index contributed by atoms with van der Waals surface area (Å²) in [7, 11) is 0. The van der Waals surface area contributed by atoms with Crippen LogP contribution in [0.4, 0.5) is 10.5 Å². The predicted octanol–water partition coefficient (Wildman–Crippen LogP) is 3.29. The Hall–Kier alpha value is -2.40. The van der Waals surface area contributed by atoms with E-state index in [-0.39, 0.29) is 6.03 Å². The number of carbonyl (C=O) groups is 1. The summed E-state index contributed by atoms with van der Waals surface area (Å²) in [5.74, 6) is 0.497. The number of benzene rings is 1. The molecular formula is C20H26N4O. The number of likely N-dealkylation sites (tertiary alicyclic amines) is 1. The van der Waals surface area contributed by atoms with Gasteiger partial charge in [-0.2, -0.15) is 0 Å². The van der Waals surface area contributed by atoms with Gasteiger partial charge in [-0.15, -0.1) is 0 Å². The fourth-order valence-electron chi connectivity index (χ4n) is 3.14. The van der Waals surface area contributed by atoms with Crippen LogP contribution in [0.25, 0.3) is 0 Å². The minimum absolute atomic E-state index is 0.138. The molecule has 1 aromatic heterocycles. The maximum absolute atomic E-state index is 12.0. The van der Waals surface area contributed by atoms with Crippen molar-refractivity contribution in [1.82, 2.24) is 15.2 Å². The highest BCUT2D eigenvalue weighted by Gasteiger charge is 2.23. The van der Waals surface area contributed by atoms with E-state index in [4.69, 9.17) is 0 Å². The van der Waals surface area contributed by atoms with Crippen molar-refractivity contribution in [2.75, 3.05) is 25.0 Å². The predicted molar refractivity (Wildman–Crippen MR) is 100 cm³/mol. The van der Waals surface area contributed by atoms with E-state index in [1.807, 2.05) is 36.5 Å². The highest BCUT2D eigenvalue weighted by Crippen LogP contribution is 2.17. The summed E-state index contributed by atoms with van der Waals surface area (Å²) in [6.07, 6.45) is 4.10. The van der Waals surface area contributed by atoms with Crippen LogP contribution in [0.3, 0.4) is 0 Å². The third-order valence-electron chi connectivity index (χ3n) is 4.63. The second kappa shape index (κ2) is 8.62. The van der Waals surface area contributed by atoms with Crippen LogP contribution in [0.15, 0.2) is 48.7 Å². The van der Waals surface area contributed by atoms with Crippen LogP contribution >= 0.6 is 0 Å². The topological polar surface area (TPSA) is 57.3 Å². The van der Waals surface area contributed by atoms with Crippen molar-refractivity contribution in [2.45, 2.75) is 26.3 Å². The average Bonchev–Trinajstić information content (AvgIpc) is 3.09. The van der Waals surface area contributed by atoms with Crippen molar-refractivity contribution in [3.05, 3.63) is 59.9 Å². The van der Waals surface area contributed by atoms with Crippen molar-refractivity contribution in [3.8, 4) is 0 Å². The number of hydrogen-bond donors (Lipinski definition) is 2. The molecule has 0 saturated carbocycles. The van der Waals surface area contributed by atoms with E-state index in [9.17, 15) is 4.79 Å². The van der Waals surface area contributed by atoms with Gasteiger partial charge in [-0.3, -0.25) is 9.88 Å². The Balaban J connectivity index is 1.39. The number of rotatable bonds is 6. The lowest BCUT2D eigenvalue weighted by Gasteiger charge is -2.16. The molecule has 25 heavy (non-hydrogen) atoms. The number of para-hydroxylation sites is 1. The van der Waals surface area contributed by atoms with E-state index >= 15 is 0 Å². The van der Waals surface area contributed by atoms with Crippen LogP contribution in [0, 0.1) is 5.92 Å². The number of anilines is 1. The van der Waals surface area contributed by atoms with Crippen LogP contribution in [0.5, 0.6) is 0 Å². The molecular weight excluding hydrogens is 312 g/mol. The van der Waals surface area contributed by atoms with Crippen LogP contribution in [-0.2, 0) is 13.0 Å². The van der Waals surface area contributed by atoms with Gasteiger partial charge in [-0.1, -0.05) is 31.2 Å². The van der Waals surface area contributed by atoms with E-state index in [1.165, 1.54) is 5.56 Å². The Morgan fingerprint density at radius 1 is 1.24 bits per heavy atom. The van der Waals surface area contributed by atoms with Gasteiger partial charge in [0.25, 0.3) is 0 Å². The maximum atomic E-state index is 12.0. The molecule has 5 nitrogen and oxygen atoms in total. The molecule has 1 aliphatic rings. The molecule has 3 rings (SSSR count). The molecule has 1 aliphatic heterocycles. The number of nitrogens with zero attached hydrogens (tertiary/aromatic N) is 2. The fraction of sp³-hybridized carbons (Fsp3) is 0.400. The molecule has 0 bridgehead atoms. The van der Waals surface area contributed by atoms with Crippen LogP contribution < -0.4 is 10.6 Å². The highest BCUT2D eigenvalue weighted by molar-refractivity contribution is 5.89. The van der Waals surface area contributed by atoms with Gasteiger partial charge in [0, 0.05) is 31.5 Å². The monoisotopic (exact) mass is 338 g/mol. The molecule has 1 atom stereocenters. The lowest BCUT2D eigenvalue weighted by atomic mass is 10.1. The lowest BCUT2D eigenvalue weighted by Crippen LogP contribution is -2.34. The summed E-state index contributed by atoms with van der Waals surface area (Å²) in [4.78, 5) is 18.9. The third kappa shape index (κ3) is 5.29. The number of amides is 2. The number of nitrogens with one attached hydrogen (secondary N) is 2. The minimum atomic E-state index is -0.138. The Bertz CT molecular complexity index is 672. The summed E-state index contributed by atoms with van der Waals surface area (Å²) in [6.45, 7) is 5.80. The number of hydrogen-bond acceptors (Lipinski definition) is 3. The number of aryl methyl sites for hydroxylation is 1. The van der Waals surface area contributed by atoms with Gasteiger partial charge in [0.2, 0.25) is 0 Å². The van der Waals surface area contributed by atoms with E-state index in [0.29, 0.717) is 12.5 Å². The first-order valence-corrected chi connectivity index (χ1v) is 8.99. The van der Waals surface area contributed by atoms with Crippen LogP contribution in [-0.4, -0.2) is 35.5 Å². The molecule has 1 aromatic carbocycles. The largest absolute Gasteiger partial charge is 0.338 e. The molecule has 0 spiro atoms. The summed E-state index contributed by atoms with van der Waals surface area (Å²) < 4.78 is 0. The number of urea groups is 1. The number of aromatic nitrogens is 1. The number of carbonyl (C=O) groups excluding carboxylic acids is 1. The SMILES string of the molecule is CCc1ccc(CN2CC[C@H](CNC(=O)Nc3ccccc3)C2)nc1. The smallest absolute Gasteiger partial charge is 0.319 e. The van der Waals surface area contributed by atoms with Gasteiger partial charge < -0.3 is 10.6 Å². The van der Waals surface area contributed by atoms with Gasteiger partial charge in [0.05, 0.1) is 5.69 Å². The fourth-order valence-corrected chi connectivity index (χ4v) is 3.14. The first-order chi connectivity index (χ1) is 12.2. The summed E-state index contributed by atoms with van der Waals surface area (Å²) in [6, 6.07) is 13.7. The first kappa shape index (κ1) is 17.4. The van der Waals surface area contributed by atoms with Gasteiger partial charge in [-0.05, 0) is 49.1 Å². The molecule has 5 heteroatoms. The van der Waals surface area contributed by atoms with Crippen LogP contribution in [0.1, 0.15) is 24.6 Å².